The van der Waals surface area contributed by atoms with Gasteiger partial charge in [-0.2, -0.15) is 0 Å². The molecule has 0 aromatic heterocycles. The number of halogens is 4. The predicted molar refractivity (Wildman–Crippen MR) is 53.0 cm³/mol. The Morgan fingerprint density at radius 2 is 1.33 bits per heavy atom. The summed E-state index contributed by atoms with van der Waals surface area (Å²) in [6.45, 7) is 2.98. The summed E-state index contributed by atoms with van der Waals surface area (Å²) in [5.74, 6) is 0. The summed E-state index contributed by atoms with van der Waals surface area (Å²) in [7, 11) is 0. The Labute approximate surface area is 81.8 Å². The number of hydrogen-bond donors (Lipinski definition) is 1. The van der Waals surface area contributed by atoms with Crippen molar-refractivity contribution in [1.29, 1.82) is 0 Å². The lowest BCUT2D eigenvalue weighted by molar-refractivity contribution is 0.807. The summed E-state index contributed by atoms with van der Waals surface area (Å²) >= 11 is 0. The Bertz CT molecular complexity index is 20.0. The molecule has 2 N–H and O–H groups in total. The van der Waals surface area contributed by atoms with Crippen molar-refractivity contribution in [3.63, 3.8) is 0 Å². The summed E-state index contributed by atoms with van der Waals surface area (Å²) in [6.07, 6.45) is 2.39. The van der Waals surface area contributed by atoms with E-state index in [9.17, 15) is 0 Å². The van der Waals surface area contributed by atoms with Crippen molar-refractivity contribution in [3.05, 3.63) is 0 Å². The molecule has 0 unspecified atom stereocenters. The molecule has 0 aliphatic rings. The zero-order valence-electron chi connectivity index (χ0n) is 5.33. The molecule has 0 aliphatic heterocycles. The third-order valence-electron chi connectivity index (χ3n) is 0.558. The molecule has 0 amide bonds. The standard InChI is InChI=1S/C4H11N.4ClH/c1-2-3-4-5;;;;/h2-5H2,1H3;4*1H. The first-order chi connectivity index (χ1) is 2.41. The minimum atomic E-state index is 0. The molecule has 0 aliphatic carbocycles. The largest absolute Gasteiger partial charge is 0.330 e. The molecule has 1 nitrogen and oxygen atoms in total. The van der Waals surface area contributed by atoms with E-state index in [4.69, 9.17) is 5.73 Å². The topological polar surface area (TPSA) is 26.0 Å². The van der Waals surface area contributed by atoms with E-state index in [1.165, 1.54) is 12.8 Å². The fourth-order valence-corrected chi connectivity index (χ4v) is 0.204. The lowest BCUT2D eigenvalue weighted by Gasteiger charge is -1.80. The van der Waals surface area contributed by atoms with E-state index in [0.29, 0.717) is 0 Å². The van der Waals surface area contributed by atoms with Crippen molar-refractivity contribution in [2.45, 2.75) is 19.8 Å². The van der Waals surface area contributed by atoms with Gasteiger partial charge >= 0.3 is 0 Å². The highest BCUT2D eigenvalue weighted by Gasteiger charge is 1.67. The molecule has 0 bridgehead atoms. The molecule has 0 radical (unpaired) electrons. The Balaban J connectivity index is -0.0000000133. The van der Waals surface area contributed by atoms with Crippen molar-refractivity contribution in [2.24, 2.45) is 5.73 Å². The second-order valence-corrected chi connectivity index (χ2v) is 1.14. The molecule has 5 heteroatoms. The van der Waals surface area contributed by atoms with Gasteiger partial charge in [-0.25, -0.2) is 0 Å². The van der Waals surface area contributed by atoms with Gasteiger partial charge in [0.1, 0.15) is 0 Å². The van der Waals surface area contributed by atoms with Gasteiger partial charge in [0.15, 0.2) is 0 Å². The van der Waals surface area contributed by atoms with Crippen LogP contribution >= 0.6 is 49.6 Å². The average Bonchev–Trinajstić information content (AvgIpc) is 1.41. The second-order valence-electron chi connectivity index (χ2n) is 1.14. The second kappa shape index (κ2) is 35.4. The molecule has 0 rings (SSSR count). The Morgan fingerprint density at radius 1 is 1.00 bits per heavy atom. The van der Waals surface area contributed by atoms with Gasteiger partial charge < -0.3 is 5.73 Å². The fourth-order valence-electron chi connectivity index (χ4n) is 0.204. The minimum Gasteiger partial charge on any atom is -0.330 e. The van der Waals surface area contributed by atoms with E-state index in [0.717, 1.165) is 6.54 Å². The van der Waals surface area contributed by atoms with Crippen molar-refractivity contribution < 1.29 is 0 Å². The van der Waals surface area contributed by atoms with E-state index >= 15 is 0 Å². The van der Waals surface area contributed by atoms with Crippen LogP contribution in [0.15, 0.2) is 0 Å². The molecule has 0 aromatic carbocycles. The Morgan fingerprint density at radius 3 is 1.33 bits per heavy atom. The fraction of sp³-hybridized carbons (Fsp3) is 1.00. The van der Waals surface area contributed by atoms with Gasteiger partial charge in [-0.15, -0.1) is 49.6 Å². The van der Waals surface area contributed by atoms with Crippen molar-refractivity contribution in [3.8, 4) is 0 Å². The highest BCUT2D eigenvalue weighted by molar-refractivity contribution is 5.86. The minimum absolute atomic E-state index is 0. The third kappa shape index (κ3) is 47.5. The lowest BCUT2D eigenvalue weighted by atomic mass is 10.3. The monoisotopic (exact) mass is 217 g/mol. The predicted octanol–water partition coefficient (Wildman–Crippen LogP) is 2.43. The number of nitrogens with two attached hydrogens (primary N) is 1. The maximum absolute atomic E-state index is 5.14. The molecular formula is C4H15Cl4N. The molecule has 64 valence electrons. The van der Waals surface area contributed by atoms with Crippen molar-refractivity contribution in [1.82, 2.24) is 0 Å². The highest BCUT2D eigenvalue weighted by atomic mass is 35.5. The van der Waals surface area contributed by atoms with Crippen LogP contribution in [0.4, 0.5) is 0 Å². The summed E-state index contributed by atoms with van der Waals surface area (Å²) in [4.78, 5) is 0. The van der Waals surface area contributed by atoms with Crippen LogP contribution in [0, 0.1) is 0 Å². The van der Waals surface area contributed by atoms with Gasteiger partial charge in [-0.05, 0) is 13.0 Å². The normalized spacial score (nSPS) is 4.67. The highest BCUT2D eigenvalue weighted by Crippen LogP contribution is 1.77. The van der Waals surface area contributed by atoms with Gasteiger partial charge in [0, 0.05) is 0 Å². The molecule has 0 aromatic rings. The van der Waals surface area contributed by atoms with Crippen LogP contribution in [-0.2, 0) is 0 Å². The summed E-state index contributed by atoms with van der Waals surface area (Å²) in [5.41, 5.74) is 5.14. The van der Waals surface area contributed by atoms with Crippen LogP contribution in [0.3, 0.4) is 0 Å². The SMILES string of the molecule is CCCCN.Cl.Cl.Cl.Cl. The average molecular weight is 219 g/mol. The van der Waals surface area contributed by atoms with Crippen LogP contribution in [-0.4, -0.2) is 6.54 Å². The third-order valence-corrected chi connectivity index (χ3v) is 0.558. The number of rotatable bonds is 2. The van der Waals surface area contributed by atoms with E-state index in [-0.39, 0.29) is 49.6 Å². The number of hydrogen-bond acceptors (Lipinski definition) is 1. The Hall–Kier alpha value is 1.12. The number of unbranched alkanes of at least 4 members (excludes halogenated alkanes) is 1. The van der Waals surface area contributed by atoms with Crippen LogP contribution in [0.2, 0.25) is 0 Å². The van der Waals surface area contributed by atoms with Gasteiger partial charge in [-0.1, -0.05) is 13.3 Å². The molecule has 0 atom stereocenters. The van der Waals surface area contributed by atoms with Crippen molar-refractivity contribution in [2.75, 3.05) is 6.54 Å². The maximum Gasteiger partial charge on any atom is -0.00774 e. The van der Waals surface area contributed by atoms with Gasteiger partial charge in [0.25, 0.3) is 0 Å². The zero-order chi connectivity index (χ0) is 4.12. The first-order valence-corrected chi connectivity index (χ1v) is 2.12. The quantitative estimate of drug-likeness (QED) is 0.758. The molecule has 0 fully saturated rings. The van der Waals surface area contributed by atoms with Crippen LogP contribution in [0.25, 0.3) is 0 Å². The summed E-state index contributed by atoms with van der Waals surface area (Å²) in [5, 5.41) is 0. The van der Waals surface area contributed by atoms with Gasteiger partial charge in [0.2, 0.25) is 0 Å². The Kier molecular flexibility index (Phi) is 126. The molecule has 0 saturated carbocycles. The summed E-state index contributed by atoms with van der Waals surface area (Å²) < 4.78 is 0. The van der Waals surface area contributed by atoms with Crippen LogP contribution in [0.5, 0.6) is 0 Å². The maximum atomic E-state index is 5.14. The van der Waals surface area contributed by atoms with Crippen LogP contribution in [0.1, 0.15) is 19.8 Å². The van der Waals surface area contributed by atoms with E-state index < -0.39 is 0 Å². The van der Waals surface area contributed by atoms with Gasteiger partial charge in [-0.3, -0.25) is 0 Å². The van der Waals surface area contributed by atoms with Crippen molar-refractivity contribution >= 4 is 49.6 Å². The van der Waals surface area contributed by atoms with Crippen LogP contribution < -0.4 is 5.73 Å². The van der Waals surface area contributed by atoms with E-state index in [2.05, 4.69) is 6.92 Å². The first kappa shape index (κ1) is 32.1. The zero-order valence-corrected chi connectivity index (χ0v) is 8.60. The van der Waals surface area contributed by atoms with E-state index in [1.54, 1.807) is 0 Å². The molecule has 0 heterocycles. The molecule has 0 saturated heterocycles. The molecular weight excluding hydrogens is 204 g/mol. The van der Waals surface area contributed by atoms with Gasteiger partial charge in [0.05, 0.1) is 0 Å². The van der Waals surface area contributed by atoms with E-state index in [1.807, 2.05) is 0 Å². The lowest BCUT2D eigenvalue weighted by Crippen LogP contribution is -1.95. The first-order valence-electron chi connectivity index (χ1n) is 2.12. The molecule has 9 heavy (non-hydrogen) atoms. The summed E-state index contributed by atoms with van der Waals surface area (Å²) in [6, 6.07) is 0. The molecule has 0 spiro atoms. The smallest absolute Gasteiger partial charge is 0.00774 e.